The summed E-state index contributed by atoms with van der Waals surface area (Å²) in [5.41, 5.74) is -0.127. The van der Waals surface area contributed by atoms with Gasteiger partial charge in [0.2, 0.25) is 0 Å². The average molecular weight is 170 g/mol. The highest BCUT2D eigenvalue weighted by atomic mass is 16.4. The predicted octanol–water partition coefficient (Wildman–Crippen LogP) is 1.47. The molecule has 1 unspecified atom stereocenters. The average Bonchev–Trinajstić information content (AvgIpc) is 1.82. The third-order valence-corrected chi connectivity index (χ3v) is 2.30. The van der Waals surface area contributed by atoms with Crippen LogP contribution in [0.25, 0.3) is 0 Å². The van der Waals surface area contributed by atoms with Gasteiger partial charge in [0.05, 0.1) is 5.92 Å². The standard InChI is InChI=1S/C9H14O3/c1-9(2)4-6(8(11)12)3-7(10)5-9/h6H,3-5H2,1-2H3,(H,11,12). The number of hydrogen-bond donors (Lipinski definition) is 1. The summed E-state index contributed by atoms with van der Waals surface area (Å²) in [6, 6.07) is 0. The Morgan fingerprint density at radius 1 is 1.58 bits per heavy atom. The molecule has 1 saturated carbocycles. The van der Waals surface area contributed by atoms with Crippen molar-refractivity contribution in [2.24, 2.45) is 11.3 Å². The zero-order valence-corrected chi connectivity index (χ0v) is 7.46. The fourth-order valence-corrected chi connectivity index (χ4v) is 1.87. The summed E-state index contributed by atoms with van der Waals surface area (Å²) in [6.45, 7) is 3.89. The molecule has 0 aliphatic heterocycles. The number of rotatable bonds is 1. The molecule has 1 fully saturated rings. The molecule has 0 saturated heterocycles. The number of ketones is 1. The Kier molecular flexibility index (Phi) is 2.22. The number of carbonyl (C=O) groups excluding carboxylic acids is 1. The van der Waals surface area contributed by atoms with E-state index in [9.17, 15) is 9.59 Å². The quantitative estimate of drug-likeness (QED) is 0.648. The lowest BCUT2D eigenvalue weighted by Gasteiger charge is -2.31. The topological polar surface area (TPSA) is 54.4 Å². The van der Waals surface area contributed by atoms with Gasteiger partial charge in [-0.1, -0.05) is 13.8 Å². The molecule has 0 aromatic heterocycles. The number of Topliss-reactive ketones (excluding diaryl/α,β-unsaturated/α-hetero) is 1. The van der Waals surface area contributed by atoms with Crippen LogP contribution in [0, 0.1) is 11.3 Å². The SMILES string of the molecule is CC1(C)CC(=O)CC(C(=O)O)C1. The van der Waals surface area contributed by atoms with E-state index in [1.54, 1.807) is 0 Å². The molecule has 0 heterocycles. The molecular formula is C9H14O3. The molecule has 0 aromatic rings. The molecule has 0 amide bonds. The van der Waals surface area contributed by atoms with Crippen LogP contribution in [0.2, 0.25) is 0 Å². The second-order valence-corrected chi connectivity index (χ2v) is 4.32. The molecule has 12 heavy (non-hydrogen) atoms. The Bertz CT molecular complexity index is 218. The first-order valence-electron chi connectivity index (χ1n) is 4.15. The van der Waals surface area contributed by atoms with Gasteiger partial charge in [-0.05, 0) is 11.8 Å². The second kappa shape index (κ2) is 2.88. The summed E-state index contributed by atoms with van der Waals surface area (Å²) in [6.07, 6.45) is 1.36. The lowest BCUT2D eigenvalue weighted by atomic mass is 9.72. The van der Waals surface area contributed by atoms with E-state index in [0.29, 0.717) is 12.8 Å². The maximum Gasteiger partial charge on any atom is 0.306 e. The highest BCUT2D eigenvalue weighted by Gasteiger charge is 2.36. The van der Waals surface area contributed by atoms with Crippen LogP contribution in [-0.4, -0.2) is 16.9 Å². The predicted molar refractivity (Wildman–Crippen MR) is 43.8 cm³/mol. The first-order chi connectivity index (χ1) is 5.41. The Morgan fingerprint density at radius 2 is 2.17 bits per heavy atom. The Labute approximate surface area is 71.8 Å². The minimum atomic E-state index is -0.837. The number of aliphatic carboxylic acids is 1. The van der Waals surface area contributed by atoms with Crippen LogP contribution in [0.15, 0.2) is 0 Å². The molecule has 0 radical (unpaired) electrons. The molecule has 1 N–H and O–H groups in total. The Balaban J connectivity index is 2.70. The smallest absolute Gasteiger partial charge is 0.306 e. The van der Waals surface area contributed by atoms with Crippen molar-refractivity contribution in [2.45, 2.75) is 33.1 Å². The third kappa shape index (κ3) is 2.06. The van der Waals surface area contributed by atoms with E-state index in [4.69, 9.17) is 5.11 Å². The second-order valence-electron chi connectivity index (χ2n) is 4.32. The van der Waals surface area contributed by atoms with Gasteiger partial charge in [0.25, 0.3) is 0 Å². The first kappa shape index (κ1) is 9.23. The maximum atomic E-state index is 11.1. The molecule has 1 rings (SSSR count). The van der Waals surface area contributed by atoms with E-state index in [2.05, 4.69) is 0 Å². The van der Waals surface area contributed by atoms with Crippen molar-refractivity contribution < 1.29 is 14.7 Å². The van der Waals surface area contributed by atoms with E-state index in [1.165, 1.54) is 0 Å². The van der Waals surface area contributed by atoms with Gasteiger partial charge < -0.3 is 5.11 Å². The molecule has 0 spiro atoms. The van der Waals surface area contributed by atoms with Crippen molar-refractivity contribution in [2.75, 3.05) is 0 Å². The van der Waals surface area contributed by atoms with Gasteiger partial charge in [0.1, 0.15) is 5.78 Å². The molecular weight excluding hydrogens is 156 g/mol. The van der Waals surface area contributed by atoms with Crippen LogP contribution >= 0.6 is 0 Å². The van der Waals surface area contributed by atoms with Crippen LogP contribution in [0.3, 0.4) is 0 Å². The van der Waals surface area contributed by atoms with Crippen LogP contribution in [-0.2, 0) is 9.59 Å². The zero-order chi connectivity index (χ0) is 9.35. The number of carbonyl (C=O) groups is 2. The Morgan fingerprint density at radius 3 is 2.58 bits per heavy atom. The summed E-state index contributed by atoms with van der Waals surface area (Å²) in [4.78, 5) is 21.8. The van der Waals surface area contributed by atoms with Gasteiger partial charge in [-0.15, -0.1) is 0 Å². The van der Waals surface area contributed by atoms with Crippen molar-refractivity contribution in [1.29, 1.82) is 0 Å². The highest BCUT2D eigenvalue weighted by Crippen LogP contribution is 2.36. The van der Waals surface area contributed by atoms with Crippen LogP contribution < -0.4 is 0 Å². The van der Waals surface area contributed by atoms with Crippen molar-refractivity contribution in [3.8, 4) is 0 Å². The van der Waals surface area contributed by atoms with E-state index in [0.717, 1.165) is 0 Å². The lowest BCUT2D eigenvalue weighted by molar-refractivity contribution is -0.147. The van der Waals surface area contributed by atoms with E-state index < -0.39 is 11.9 Å². The van der Waals surface area contributed by atoms with Crippen LogP contribution in [0.5, 0.6) is 0 Å². The molecule has 1 aliphatic carbocycles. The van der Waals surface area contributed by atoms with Crippen LogP contribution in [0.4, 0.5) is 0 Å². The summed E-state index contributed by atoms with van der Waals surface area (Å²) in [7, 11) is 0. The fourth-order valence-electron chi connectivity index (χ4n) is 1.87. The van der Waals surface area contributed by atoms with Gasteiger partial charge >= 0.3 is 5.97 Å². The molecule has 1 atom stereocenters. The van der Waals surface area contributed by atoms with Crippen molar-refractivity contribution in [1.82, 2.24) is 0 Å². The van der Waals surface area contributed by atoms with Crippen molar-refractivity contribution in [3.05, 3.63) is 0 Å². The zero-order valence-electron chi connectivity index (χ0n) is 7.46. The monoisotopic (exact) mass is 170 g/mol. The minimum Gasteiger partial charge on any atom is -0.481 e. The molecule has 3 heteroatoms. The number of carboxylic acids is 1. The lowest BCUT2D eigenvalue weighted by Crippen LogP contribution is -2.32. The van der Waals surface area contributed by atoms with Crippen molar-refractivity contribution in [3.63, 3.8) is 0 Å². The molecule has 3 nitrogen and oxygen atoms in total. The summed E-state index contributed by atoms with van der Waals surface area (Å²) in [5, 5.41) is 8.74. The number of hydrogen-bond acceptors (Lipinski definition) is 2. The van der Waals surface area contributed by atoms with Crippen LogP contribution in [0.1, 0.15) is 33.1 Å². The third-order valence-electron chi connectivity index (χ3n) is 2.30. The van der Waals surface area contributed by atoms with Gasteiger partial charge in [-0.25, -0.2) is 0 Å². The van der Waals surface area contributed by atoms with Gasteiger partial charge in [-0.2, -0.15) is 0 Å². The Hall–Kier alpha value is -0.860. The van der Waals surface area contributed by atoms with E-state index in [-0.39, 0.29) is 17.6 Å². The van der Waals surface area contributed by atoms with E-state index in [1.807, 2.05) is 13.8 Å². The van der Waals surface area contributed by atoms with Gasteiger partial charge in [0, 0.05) is 12.8 Å². The number of carboxylic acid groups (broad SMARTS) is 1. The van der Waals surface area contributed by atoms with E-state index >= 15 is 0 Å². The molecule has 0 aromatic carbocycles. The summed E-state index contributed by atoms with van der Waals surface area (Å²) in [5.74, 6) is -1.21. The molecule has 68 valence electrons. The molecule has 1 aliphatic rings. The van der Waals surface area contributed by atoms with Gasteiger partial charge in [0.15, 0.2) is 0 Å². The minimum absolute atomic E-state index is 0.0821. The first-order valence-corrected chi connectivity index (χ1v) is 4.15. The highest BCUT2D eigenvalue weighted by molar-refractivity contribution is 5.85. The summed E-state index contributed by atoms with van der Waals surface area (Å²) < 4.78 is 0. The largest absolute Gasteiger partial charge is 0.481 e. The van der Waals surface area contributed by atoms with Crippen molar-refractivity contribution >= 4 is 11.8 Å². The normalized spacial score (nSPS) is 28.5. The summed E-state index contributed by atoms with van der Waals surface area (Å²) >= 11 is 0. The van der Waals surface area contributed by atoms with Gasteiger partial charge in [-0.3, -0.25) is 9.59 Å². The maximum absolute atomic E-state index is 11.1. The molecule has 0 bridgehead atoms. The fraction of sp³-hybridized carbons (Fsp3) is 0.778.